The molecular formula is C29H44O10. The number of carbonyl (C=O) groups is 1. The van der Waals surface area contributed by atoms with Crippen molar-refractivity contribution in [2.24, 2.45) is 34.5 Å². The number of rotatable bonds is 4. The lowest BCUT2D eigenvalue weighted by molar-refractivity contribution is -0.321. The van der Waals surface area contributed by atoms with E-state index in [9.17, 15) is 35.4 Å². The number of hydrogen-bond acceptors (Lipinski definition) is 10. The molecule has 10 nitrogen and oxygen atoms in total. The van der Waals surface area contributed by atoms with E-state index in [1.165, 1.54) is 0 Å². The van der Waals surface area contributed by atoms with Crippen LogP contribution in [0.2, 0.25) is 0 Å². The van der Waals surface area contributed by atoms with Gasteiger partial charge in [-0.3, -0.25) is 0 Å². The molecule has 6 rings (SSSR count). The molecule has 1 saturated heterocycles. The fourth-order valence-electron chi connectivity index (χ4n) is 9.91. The number of carbonyl (C=O) groups excluding carboxylic acids is 1. The van der Waals surface area contributed by atoms with E-state index >= 15 is 0 Å². The van der Waals surface area contributed by atoms with Crippen LogP contribution in [0.25, 0.3) is 0 Å². The van der Waals surface area contributed by atoms with Crippen LogP contribution in [0.4, 0.5) is 0 Å². The summed E-state index contributed by atoms with van der Waals surface area (Å²) >= 11 is 0. The van der Waals surface area contributed by atoms with Crippen LogP contribution >= 0.6 is 0 Å². The molecule has 0 radical (unpaired) electrons. The molecule has 4 aliphatic carbocycles. The van der Waals surface area contributed by atoms with Crippen LogP contribution in [0.1, 0.15) is 65.2 Å². The van der Waals surface area contributed by atoms with Crippen LogP contribution in [0.3, 0.4) is 0 Å². The molecule has 39 heavy (non-hydrogen) atoms. The summed E-state index contributed by atoms with van der Waals surface area (Å²) in [7, 11) is 0. The van der Waals surface area contributed by atoms with Crippen LogP contribution in [0.15, 0.2) is 11.6 Å². The van der Waals surface area contributed by atoms with Crippen molar-refractivity contribution in [1.82, 2.24) is 0 Å². The van der Waals surface area contributed by atoms with Crippen molar-refractivity contribution in [3.05, 3.63) is 11.6 Å². The topological polar surface area (TPSA) is 166 Å². The lowest BCUT2D eigenvalue weighted by Gasteiger charge is -2.64. The monoisotopic (exact) mass is 552 g/mol. The van der Waals surface area contributed by atoms with E-state index in [0.29, 0.717) is 25.9 Å². The second-order valence-electron chi connectivity index (χ2n) is 13.6. The van der Waals surface area contributed by atoms with Gasteiger partial charge in [0.1, 0.15) is 31.0 Å². The summed E-state index contributed by atoms with van der Waals surface area (Å²) in [6, 6.07) is 0. The molecule has 0 amide bonds. The third-order valence-corrected chi connectivity index (χ3v) is 12.2. The van der Waals surface area contributed by atoms with Gasteiger partial charge in [-0.1, -0.05) is 13.8 Å². The van der Waals surface area contributed by atoms with Crippen molar-refractivity contribution in [3.8, 4) is 0 Å². The van der Waals surface area contributed by atoms with E-state index in [1.807, 2.05) is 0 Å². The van der Waals surface area contributed by atoms with Crippen LogP contribution in [-0.4, -0.2) is 98.3 Å². The molecule has 2 heterocycles. The summed E-state index contributed by atoms with van der Waals surface area (Å²) in [5, 5.41) is 64.2. The molecule has 6 aliphatic rings. The van der Waals surface area contributed by atoms with Crippen LogP contribution in [-0.2, 0) is 19.0 Å². The van der Waals surface area contributed by atoms with Gasteiger partial charge in [-0.05, 0) is 79.6 Å². The largest absolute Gasteiger partial charge is 0.458 e. The predicted molar refractivity (Wildman–Crippen MR) is 136 cm³/mol. The first-order valence-electron chi connectivity index (χ1n) is 14.7. The Morgan fingerprint density at radius 3 is 2.44 bits per heavy atom. The molecular weight excluding hydrogens is 508 g/mol. The summed E-state index contributed by atoms with van der Waals surface area (Å²) in [5.74, 6) is 0.168. The highest BCUT2D eigenvalue weighted by Crippen LogP contribution is 2.70. The highest BCUT2D eigenvalue weighted by molar-refractivity contribution is 5.85. The molecule has 0 spiro atoms. The van der Waals surface area contributed by atoms with E-state index in [-0.39, 0.29) is 35.1 Å². The second-order valence-corrected chi connectivity index (χ2v) is 13.6. The Labute approximate surface area is 229 Å². The lowest BCUT2D eigenvalue weighted by atomic mass is 9.42. The van der Waals surface area contributed by atoms with Gasteiger partial charge in [0.05, 0.1) is 24.4 Å². The van der Waals surface area contributed by atoms with Crippen LogP contribution in [0, 0.1) is 34.5 Å². The normalized spacial score (nSPS) is 55.3. The Kier molecular flexibility index (Phi) is 6.99. The molecule has 5 fully saturated rings. The molecule has 2 aliphatic heterocycles. The molecule has 0 bridgehead atoms. The van der Waals surface area contributed by atoms with E-state index in [4.69, 9.17) is 14.2 Å². The van der Waals surface area contributed by atoms with Crippen molar-refractivity contribution in [2.45, 2.75) is 114 Å². The molecule has 10 heteroatoms. The first-order chi connectivity index (χ1) is 18.4. The van der Waals surface area contributed by atoms with Gasteiger partial charge in [-0.15, -0.1) is 0 Å². The fourth-order valence-corrected chi connectivity index (χ4v) is 9.91. The molecule has 6 N–H and O–H groups in total. The average molecular weight is 553 g/mol. The van der Waals surface area contributed by atoms with Crippen LogP contribution < -0.4 is 0 Å². The number of cyclic esters (lactones) is 1. The van der Waals surface area contributed by atoms with E-state index < -0.39 is 60.5 Å². The van der Waals surface area contributed by atoms with E-state index in [0.717, 1.165) is 37.7 Å². The van der Waals surface area contributed by atoms with E-state index in [1.54, 1.807) is 6.08 Å². The van der Waals surface area contributed by atoms with E-state index in [2.05, 4.69) is 13.8 Å². The molecule has 0 aromatic heterocycles. The number of esters is 1. The third kappa shape index (κ3) is 4.00. The van der Waals surface area contributed by atoms with Gasteiger partial charge < -0.3 is 44.8 Å². The van der Waals surface area contributed by atoms with Crippen molar-refractivity contribution < 1.29 is 49.6 Å². The summed E-state index contributed by atoms with van der Waals surface area (Å²) in [6.07, 6.45) is -0.299. The Morgan fingerprint density at radius 2 is 1.74 bits per heavy atom. The summed E-state index contributed by atoms with van der Waals surface area (Å²) in [6.45, 7) is 4.14. The minimum Gasteiger partial charge on any atom is -0.458 e. The minimum atomic E-state index is -1.51. The lowest BCUT2D eigenvalue weighted by Crippen LogP contribution is -2.65. The highest BCUT2D eigenvalue weighted by atomic mass is 16.7. The molecule has 0 aromatic carbocycles. The maximum atomic E-state index is 12.4. The molecule has 0 aromatic rings. The summed E-state index contributed by atoms with van der Waals surface area (Å²) in [4.78, 5) is 11.8. The SMILES string of the molecule is C[C@]12[C@H](CC[C@@H]3[C@@H]1CC[C@]1(C)[C@@H](C4=CC(=O)OC4)CC[C@]31O)C[C@@H](O[C@@H]1O[C@H](CO)[C@@H](O)[C@H](O)[C@H]1O)C[C@H]2O. The fraction of sp³-hybridized carbons (Fsp3) is 0.897. The van der Waals surface area contributed by atoms with Gasteiger partial charge in [-0.25, -0.2) is 4.79 Å². The molecule has 220 valence electrons. The van der Waals surface area contributed by atoms with Gasteiger partial charge in [0.2, 0.25) is 0 Å². The zero-order valence-electron chi connectivity index (χ0n) is 22.8. The Balaban J connectivity index is 1.19. The number of fused-ring (bicyclic) bond motifs is 5. The number of aliphatic hydroxyl groups excluding tert-OH is 5. The third-order valence-electron chi connectivity index (χ3n) is 12.2. The maximum Gasteiger partial charge on any atom is 0.331 e. The van der Waals surface area contributed by atoms with Crippen LogP contribution in [0.5, 0.6) is 0 Å². The Hall–Kier alpha value is -1.11. The zero-order chi connectivity index (χ0) is 27.9. The number of hydrogen-bond donors (Lipinski definition) is 6. The van der Waals surface area contributed by atoms with Gasteiger partial charge >= 0.3 is 5.97 Å². The second kappa shape index (κ2) is 9.73. The maximum absolute atomic E-state index is 12.4. The minimum absolute atomic E-state index is 0.0543. The number of aliphatic hydroxyl groups is 6. The van der Waals surface area contributed by atoms with Gasteiger partial charge in [0.15, 0.2) is 6.29 Å². The first kappa shape index (κ1) is 28.0. The van der Waals surface area contributed by atoms with Gasteiger partial charge in [-0.2, -0.15) is 0 Å². The Bertz CT molecular complexity index is 1000. The van der Waals surface area contributed by atoms with Gasteiger partial charge in [0, 0.05) is 17.9 Å². The Morgan fingerprint density at radius 1 is 0.974 bits per heavy atom. The molecule has 0 unspecified atom stereocenters. The number of ether oxygens (including phenoxy) is 3. The standard InChI is InChI=1S/C29H44O10/c1-27-7-5-18-19(29(27,36)8-6-17(27)14-9-22(32)37-13-14)4-3-15-10-16(11-21(31)28(15,18)2)38-26-25(35)24(34)23(33)20(12-30)39-26/h9,15-21,23-26,30-31,33-36H,3-8,10-13H2,1-2H3/t15-,16-,17-,18+,19-,20-,21-,23-,24+,25-,26-,27-,28+,29+/m1/s1. The highest BCUT2D eigenvalue weighted by Gasteiger charge is 2.69. The van der Waals surface area contributed by atoms with Crippen molar-refractivity contribution in [3.63, 3.8) is 0 Å². The predicted octanol–water partition coefficient (Wildman–Crippen LogP) is 0.399. The average Bonchev–Trinajstić information content (AvgIpc) is 3.45. The summed E-state index contributed by atoms with van der Waals surface area (Å²) < 4.78 is 16.9. The summed E-state index contributed by atoms with van der Waals surface area (Å²) in [5.41, 5.74) is -0.614. The zero-order valence-corrected chi connectivity index (χ0v) is 22.8. The van der Waals surface area contributed by atoms with Crippen molar-refractivity contribution in [1.29, 1.82) is 0 Å². The quantitative estimate of drug-likeness (QED) is 0.212. The van der Waals surface area contributed by atoms with Gasteiger partial charge in [0.25, 0.3) is 0 Å². The molecule has 4 saturated carbocycles. The molecule has 14 atom stereocenters. The smallest absolute Gasteiger partial charge is 0.331 e. The van der Waals surface area contributed by atoms with Crippen molar-refractivity contribution in [2.75, 3.05) is 13.2 Å². The first-order valence-corrected chi connectivity index (χ1v) is 14.7. The van der Waals surface area contributed by atoms with Crippen molar-refractivity contribution >= 4 is 5.97 Å².